The van der Waals surface area contributed by atoms with Gasteiger partial charge in [-0.15, -0.1) is 0 Å². The van der Waals surface area contributed by atoms with Gasteiger partial charge in [0.1, 0.15) is 5.82 Å². The van der Waals surface area contributed by atoms with Gasteiger partial charge in [0.15, 0.2) is 5.78 Å². The van der Waals surface area contributed by atoms with E-state index >= 15 is 0 Å². The Morgan fingerprint density at radius 2 is 1.74 bits per heavy atom. The van der Waals surface area contributed by atoms with Gasteiger partial charge < -0.3 is 0 Å². The van der Waals surface area contributed by atoms with Crippen molar-refractivity contribution in [1.29, 1.82) is 0 Å². The second kappa shape index (κ2) is 5.54. The van der Waals surface area contributed by atoms with Crippen molar-refractivity contribution in [2.24, 2.45) is 0 Å². The number of hydrogen-bond donors (Lipinski definition) is 0. The number of Topliss-reactive ketones (excluding diaryl/α,β-unsaturated/α-hetero) is 1. The third kappa shape index (κ3) is 3.42. The van der Waals surface area contributed by atoms with Crippen molar-refractivity contribution in [3.63, 3.8) is 0 Å². The molecule has 0 atom stereocenters. The molecule has 2 rings (SSSR count). The standard InChI is InChI=1S/C16H14ClFO/c1-10-5-11(2)7-13(6-10)16(19)9-12-8-14(18)3-4-15(12)17/h3-8H,9H2,1-2H3. The molecule has 0 fully saturated rings. The smallest absolute Gasteiger partial charge is 0.167 e. The van der Waals surface area contributed by atoms with E-state index in [4.69, 9.17) is 11.6 Å². The summed E-state index contributed by atoms with van der Waals surface area (Å²) in [5.41, 5.74) is 3.23. The van der Waals surface area contributed by atoms with E-state index in [9.17, 15) is 9.18 Å². The van der Waals surface area contributed by atoms with Gasteiger partial charge in [-0.05, 0) is 49.7 Å². The number of aryl methyl sites for hydroxylation is 2. The Morgan fingerprint density at radius 3 is 2.37 bits per heavy atom. The zero-order valence-corrected chi connectivity index (χ0v) is 11.6. The highest BCUT2D eigenvalue weighted by molar-refractivity contribution is 6.31. The summed E-state index contributed by atoms with van der Waals surface area (Å²) in [5.74, 6) is -0.438. The van der Waals surface area contributed by atoms with Gasteiger partial charge in [-0.1, -0.05) is 28.8 Å². The molecule has 0 aliphatic heterocycles. The van der Waals surface area contributed by atoms with Crippen molar-refractivity contribution < 1.29 is 9.18 Å². The van der Waals surface area contributed by atoms with Crippen molar-refractivity contribution in [2.45, 2.75) is 20.3 Å². The van der Waals surface area contributed by atoms with Crippen molar-refractivity contribution >= 4 is 17.4 Å². The van der Waals surface area contributed by atoms with Crippen LogP contribution >= 0.6 is 11.6 Å². The average molecular weight is 277 g/mol. The molecule has 0 bridgehead atoms. The van der Waals surface area contributed by atoms with E-state index in [-0.39, 0.29) is 18.0 Å². The molecule has 3 heteroatoms. The van der Waals surface area contributed by atoms with Crippen molar-refractivity contribution in [3.8, 4) is 0 Å². The molecule has 2 aromatic carbocycles. The van der Waals surface area contributed by atoms with Crippen LogP contribution in [-0.4, -0.2) is 5.78 Å². The monoisotopic (exact) mass is 276 g/mol. The SMILES string of the molecule is Cc1cc(C)cc(C(=O)Cc2cc(F)ccc2Cl)c1. The third-order valence-electron chi connectivity index (χ3n) is 2.90. The summed E-state index contributed by atoms with van der Waals surface area (Å²) in [6.45, 7) is 3.89. The second-order valence-electron chi connectivity index (χ2n) is 4.71. The van der Waals surface area contributed by atoms with Crippen LogP contribution in [0, 0.1) is 19.7 Å². The molecule has 0 saturated carbocycles. The number of halogens is 2. The molecule has 0 unspecified atom stereocenters. The maximum absolute atomic E-state index is 13.2. The molecule has 0 aliphatic carbocycles. The lowest BCUT2D eigenvalue weighted by atomic mass is 9.99. The van der Waals surface area contributed by atoms with Crippen LogP contribution in [0.4, 0.5) is 4.39 Å². The Kier molecular flexibility index (Phi) is 4.01. The Balaban J connectivity index is 2.28. The van der Waals surface area contributed by atoms with E-state index in [1.807, 2.05) is 32.0 Å². The van der Waals surface area contributed by atoms with Crippen LogP contribution in [0.5, 0.6) is 0 Å². The number of carbonyl (C=O) groups excluding carboxylic acids is 1. The molecule has 0 radical (unpaired) electrons. The molecule has 0 aliphatic rings. The lowest BCUT2D eigenvalue weighted by Crippen LogP contribution is -2.05. The first-order valence-electron chi connectivity index (χ1n) is 6.01. The Bertz CT molecular complexity index is 614. The van der Waals surface area contributed by atoms with Gasteiger partial charge in [0.2, 0.25) is 0 Å². The van der Waals surface area contributed by atoms with Gasteiger partial charge in [-0.25, -0.2) is 4.39 Å². The Labute approximate surface area is 117 Å². The van der Waals surface area contributed by atoms with Gasteiger partial charge >= 0.3 is 0 Å². The maximum Gasteiger partial charge on any atom is 0.167 e. The molecule has 2 aromatic rings. The van der Waals surface area contributed by atoms with E-state index in [2.05, 4.69) is 0 Å². The van der Waals surface area contributed by atoms with Gasteiger partial charge in [-0.2, -0.15) is 0 Å². The normalized spacial score (nSPS) is 10.5. The molecule has 0 amide bonds. The van der Waals surface area contributed by atoms with E-state index in [1.54, 1.807) is 0 Å². The zero-order chi connectivity index (χ0) is 14.0. The van der Waals surface area contributed by atoms with E-state index in [0.717, 1.165) is 11.1 Å². The summed E-state index contributed by atoms with van der Waals surface area (Å²) in [6, 6.07) is 9.74. The number of ketones is 1. The predicted molar refractivity (Wildman–Crippen MR) is 75.4 cm³/mol. The van der Waals surface area contributed by atoms with Crippen molar-refractivity contribution in [2.75, 3.05) is 0 Å². The lowest BCUT2D eigenvalue weighted by Gasteiger charge is -2.06. The number of carbonyl (C=O) groups is 1. The van der Waals surface area contributed by atoms with E-state index in [0.29, 0.717) is 16.1 Å². The average Bonchev–Trinajstić information content (AvgIpc) is 2.32. The molecule has 0 aromatic heterocycles. The van der Waals surface area contributed by atoms with Crippen LogP contribution in [0.3, 0.4) is 0 Å². The highest BCUT2D eigenvalue weighted by Gasteiger charge is 2.11. The highest BCUT2D eigenvalue weighted by Crippen LogP contribution is 2.20. The fourth-order valence-electron chi connectivity index (χ4n) is 2.09. The fraction of sp³-hybridized carbons (Fsp3) is 0.188. The van der Waals surface area contributed by atoms with E-state index in [1.165, 1.54) is 18.2 Å². The first-order chi connectivity index (χ1) is 8.95. The molecule has 98 valence electrons. The van der Waals surface area contributed by atoms with Crippen molar-refractivity contribution in [3.05, 3.63) is 69.5 Å². The molecule has 19 heavy (non-hydrogen) atoms. The molecular weight excluding hydrogens is 263 g/mol. The lowest BCUT2D eigenvalue weighted by molar-refractivity contribution is 0.0993. The Morgan fingerprint density at radius 1 is 1.11 bits per heavy atom. The van der Waals surface area contributed by atoms with Crippen LogP contribution in [0.25, 0.3) is 0 Å². The minimum absolute atomic E-state index is 0.0562. The predicted octanol–water partition coefficient (Wildman–Crippen LogP) is 4.52. The molecule has 0 spiro atoms. The van der Waals surface area contributed by atoms with Gasteiger partial charge in [0, 0.05) is 17.0 Å². The topological polar surface area (TPSA) is 17.1 Å². The summed E-state index contributed by atoms with van der Waals surface area (Å²) in [5, 5.41) is 0.416. The van der Waals surface area contributed by atoms with Crippen molar-refractivity contribution in [1.82, 2.24) is 0 Å². The van der Waals surface area contributed by atoms with Crippen LogP contribution < -0.4 is 0 Å². The van der Waals surface area contributed by atoms with Crippen LogP contribution in [0.2, 0.25) is 5.02 Å². The maximum atomic E-state index is 13.2. The van der Waals surface area contributed by atoms with Gasteiger partial charge in [0.05, 0.1) is 0 Å². The number of hydrogen-bond acceptors (Lipinski definition) is 1. The zero-order valence-electron chi connectivity index (χ0n) is 10.8. The van der Waals surface area contributed by atoms with E-state index < -0.39 is 0 Å². The van der Waals surface area contributed by atoms with Crippen LogP contribution in [-0.2, 0) is 6.42 Å². The van der Waals surface area contributed by atoms with Crippen LogP contribution in [0.15, 0.2) is 36.4 Å². The van der Waals surface area contributed by atoms with Gasteiger partial charge in [0.25, 0.3) is 0 Å². The first kappa shape index (κ1) is 13.8. The first-order valence-corrected chi connectivity index (χ1v) is 6.39. The number of benzene rings is 2. The molecule has 0 N–H and O–H groups in total. The highest BCUT2D eigenvalue weighted by atomic mass is 35.5. The third-order valence-corrected chi connectivity index (χ3v) is 3.27. The molecule has 0 saturated heterocycles. The summed E-state index contributed by atoms with van der Waals surface area (Å²) in [7, 11) is 0. The quantitative estimate of drug-likeness (QED) is 0.753. The molecular formula is C16H14ClFO. The minimum Gasteiger partial charge on any atom is -0.294 e. The molecule has 0 heterocycles. The Hall–Kier alpha value is -1.67. The fourth-order valence-corrected chi connectivity index (χ4v) is 2.27. The summed E-state index contributed by atoms with van der Waals surface area (Å²) < 4.78 is 13.2. The largest absolute Gasteiger partial charge is 0.294 e. The summed E-state index contributed by atoms with van der Waals surface area (Å²) >= 11 is 5.97. The van der Waals surface area contributed by atoms with Crippen LogP contribution in [0.1, 0.15) is 27.0 Å². The minimum atomic E-state index is -0.382. The second-order valence-corrected chi connectivity index (χ2v) is 5.12. The van der Waals surface area contributed by atoms with Gasteiger partial charge in [-0.3, -0.25) is 4.79 Å². The number of rotatable bonds is 3. The molecule has 1 nitrogen and oxygen atoms in total. The summed E-state index contributed by atoms with van der Waals surface area (Å²) in [4.78, 5) is 12.2. The summed E-state index contributed by atoms with van der Waals surface area (Å²) in [6.07, 6.45) is 0.111.